The number of amides is 1. The van der Waals surface area contributed by atoms with E-state index in [1.54, 1.807) is 23.9 Å². The second-order valence-corrected chi connectivity index (χ2v) is 7.02. The highest BCUT2D eigenvalue weighted by molar-refractivity contribution is 7.98. The van der Waals surface area contributed by atoms with E-state index in [0.29, 0.717) is 48.5 Å². The number of thioether (sulfide) groups is 1. The van der Waals surface area contributed by atoms with Crippen LogP contribution in [-0.2, 0) is 0 Å². The van der Waals surface area contributed by atoms with Crippen molar-refractivity contribution in [3.05, 3.63) is 42.0 Å². The Morgan fingerprint density at radius 3 is 2.26 bits per heavy atom. The summed E-state index contributed by atoms with van der Waals surface area (Å²) in [5, 5.41) is 10.7. The molecule has 1 amide bonds. The Hall–Kier alpha value is -3.20. The first kappa shape index (κ1) is 22.5. The van der Waals surface area contributed by atoms with Crippen molar-refractivity contribution in [2.45, 2.75) is 25.7 Å². The van der Waals surface area contributed by atoms with Crippen molar-refractivity contribution in [2.24, 2.45) is 0 Å². The standard InChI is InChI=1S/C22H25N3O5S/c1-5-27-16-12-14(13-17(28-6-2)19(16)29-7-3)20(26)23-22-25-24-21(30-22)15-10-8-9-11-18(15)31-4/h8-13H,5-7H2,1-4H3,(H,23,25,26). The summed E-state index contributed by atoms with van der Waals surface area (Å²) >= 11 is 1.57. The summed E-state index contributed by atoms with van der Waals surface area (Å²) in [5.74, 6) is 1.23. The molecule has 164 valence electrons. The third-order valence-electron chi connectivity index (χ3n) is 4.15. The van der Waals surface area contributed by atoms with Gasteiger partial charge in [0.1, 0.15) is 0 Å². The molecule has 0 fully saturated rings. The molecule has 0 aliphatic heterocycles. The fourth-order valence-corrected chi connectivity index (χ4v) is 3.48. The Labute approximate surface area is 185 Å². The van der Waals surface area contributed by atoms with Crippen LogP contribution >= 0.6 is 11.8 Å². The van der Waals surface area contributed by atoms with Gasteiger partial charge < -0.3 is 18.6 Å². The SMILES string of the molecule is CCOc1cc(C(=O)Nc2nnc(-c3ccccc3SC)o2)cc(OCC)c1OCC. The predicted molar refractivity (Wildman–Crippen MR) is 119 cm³/mol. The molecule has 0 radical (unpaired) electrons. The average Bonchev–Trinajstić information content (AvgIpc) is 3.24. The number of benzene rings is 2. The van der Waals surface area contributed by atoms with Crippen molar-refractivity contribution in [3.8, 4) is 28.7 Å². The Morgan fingerprint density at radius 1 is 1.00 bits per heavy atom. The van der Waals surface area contributed by atoms with Gasteiger partial charge in [0.15, 0.2) is 11.5 Å². The third-order valence-corrected chi connectivity index (χ3v) is 4.95. The van der Waals surface area contributed by atoms with Gasteiger partial charge in [-0.3, -0.25) is 10.1 Å². The number of carbonyl (C=O) groups is 1. The molecular weight excluding hydrogens is 418 g/mol. The van der Waals surface area contributed by atoms with Crippen molar-refractivity contribution in [3.63, 3.8) is 0 Å². The first-order valence-electron chi connectivity index (χ1n) is 9.95. The van der Waals surface area contributed by atoms with Crippen LogP contribution in [0.4, 0.5) is 6.01 Å². The van der Waals surface area contributed by atoms with E-state index < -0.39 is 5.91 Å². The molecule has 1 aromatic heterocycles. The maximum Gasteiger partial charge on any atom is 0.322 e. The molecule has 3 rings (SSSR count). The fraction of sp³-hybridized carbons (Fsp3) is 0.318. The summed E-state index contributed by atoms with van der Waals surface area (Å²) in [6, 6.07) is 10.9. The fourth-order valence-electron chi connectivity index (χ4n) is 2.89. The van der Waals surface area contributed by atoms with Crippen molar-refractivity contribution >= 4 is 23.7 Å². The van der Waals surface area contributed by atoms with Gasteiger partial charge in [0.25, 0.3) is 11.8 Å². The molecule has 0 aliphatic carbocycles. The van der Waals surface area contributed by atoms with Gasteiger partial charge >= 0.3 is 6.01 Å². The van der Waals surface area contributed by atoms with E-state index in [1.165, 1.54) is 0 Å². The molecule has 8 nitrogen and oxygen atoms in total. The van der Waals surface area contributed by atoms with E-state index in [9.17, 15) is 4.79 Å². The number of ether oxygens (including phenoxy) is 3. The highest BCUT2D eigenvalue weighted by Crippen LogP contribution is 2.39. The maximum atomic E-state index is 12.9. The van der Waals surface area contributed by atoms with E-state index in [4.69, 9.17) is 18.6 Å². The number of nitrogens with one attached hydrogen (secondary N) is 1. The lowest BCUT2D eigenvalue weighted by Crippen LogP contribution is -2.13. The minimum atomic E-state index is -0.432. The molecule has 1 N–H and O–H groups in total. The first-order chi connectivity index (χ1) is 15.1. The second-order valence-electron chi connectivity index (χ2n) is 6.17. The quantitative estimate of drug-likeness (QED) is 0.442. The van der Waals surface area contributed by atoms with Crippen LogP contribution in [0.3, 0.4) is 0 Å². The van der Waals surface area contributed by atoms with E-state index >= 15 is 0 Å². The molecule has 0 atom stereocenters. The first-order valence-corrected chi connectivity index (χ1v) is 11.2. The van der Waals surface area contributed by atoms with Crippen molar-refractivity contribution in [1.82, 2.24) is 10.2 Å². The molecule has 0 spiro atoms. The zero-order valence-corrected chi connectivity index (χ0v) is 18.7. The van der Waals surface area contributed by atoms with Gasteiger partial charge in [0.05, 0.1) is 25.4 Å². The zero-order valence-electron chi connectivity index (χ0n) is 17.9. The molecule has 9 heteroatoms. The van der Waals surface area contributed by atoms with Crippen LogP contribution in [0.5, 0.6) is 17.2 Å². The van der Waals surface area contributed by atoms with Crippen LogP contribution in [0.25, 0.3) is 11.5 Å². The van der Waals surface area contributed by atoms with Crippen LogP contribution in [0, 0.1) is 0 Å². The Morgan fingerprint density at radius 2 is 1.65 bits per heavy atom. The van der Waals surface area contributed by atoms with Crippen molar-refractivity contribution < 1.29 is 23.4 Å². The van der Waals surface area contributed by atoms with Gasteiger partial charge in [-0.05, 0) is 51.3 Å². The molecule has 0 saturated heterocycles. The van der Waals surface area contributed by atoms with Gasteiger partial charge in [-0.15, -0.1) is 16.9 Å². The largest absolute Gasteiger partial charge is 0.490 e. The normalized spacial score (nSPS) is 10.6. The molecule has 3 aromatic rings. The Balaban J connectivity index is 1.87. The van der Waals surface area contributed by atoms with Gasteiger partial charge in [-0.2, -0.15) is 0 Å². The van der Waals surface area contributed by atoms with E-state index in [0.717, 1.165) is 10.5 Å². The lowest BCUT2D eigenvalue weighted by atomic mass is 10.1. The van der Waals surface area contributed by atoms with Crippen LogP contribution < -0.4 is 19.5 Å². The highest BCUT2D eigenvalue weighted by atomic mass is 32.2. The second kappa shape index (κ2) is 10.7. The summed E-state index contributed by atoms with van der Waals surface area (Å²) in [4.78, 5) is 13.9. The molecule has 31 heavy (non-hydrogen) atoms. The summed E-state index contributed by atoms with van der Waals surface area (Å²) < 4.78 is 22.7. The number of hydrogen-bond donors (Lipinski definition) is 1. The number of nitrogens with zero attached hydrogens (tertiary/aromatic N) is 2. The van der Waals surface area contributed by atoms with Crippen molar-refractivity contribution in [1.29, 1.82) is 0 Å². The summed E-state index contributed by atoms with van der Waals surface area (Å²) in [6.07, 6.45) is 1.97. The molecule has 0 saturated carbocycles. The van der Waals surface area contributed by atoms with Crippen LogP contribution in [0.2, 0.25) is 0 Å². The Kier molecular flexibility index (Phi) is 7.77. The van der Waals surface area contributed by atoms with Crippen LogP contribution in [0.1, 0.15) is 31.1 Å². The average molecular weight is 444 g/mol. The number of anilines is 1. The molecule has 0 bridgehead atoms. The number of aromatic nitrogens is 2. The molecule has 1 heterocycles. The summed E-state index contributed by atoms with van der Waals surface area (Å²) in [7, 11) is 0. The van der Waals surface area contributed by atoms with Crippen LogP contribution in [-0.4, -0.2) is 42.2 Å². The highest BCUT2D eigenvalue weighted by Gasteiger charge is 2.20. The van der Waals surface area contributed by atoms with E-state index in [-0.39, 0.29) is 6.01 Å². The van der Waals surface area contributed by atoms with Crippen molar-refractivity contribution in [2.75, 3.05) is 31.4 Å². The monoisotopic (exact) mass is 443 g/mol. The molecule has 0 aliphatic rings. The number of hydrogen-bond acceptors (Lipinski definition) is 8. The topological polar surface area (TPSA) is 95.7 Å². The lowest BCUT2D eigenvalue weighted by molar-refractivity contribution is 0.102. The smallest absolute Gasteiger partial charge is 0.322 e. The van der Waals surface area contributed by atoms with Gasteiger partial charge in [-0.1, -0.05) is 17.2 Å². The van der Waals surface area contributed by atoms with E-state index in [2.05, 4.69) is 15.5 Å². The minimum Gasteiger partial charge on any atom is -0.490 e. The predicted octanol–water partition coefficient (Wildman–Crippen LogP) is 4.91. The maximum absolute atomic E-state index is 12.9. The van der Waals surface area contributed by atoms with Crippen LogP contribution in [0.15, 0.2) is 45.7 Å². The van der Waals surface area contributed by atoms with E-state index in [1.807, 2.05) is 51.3 Å². The lowest BCUT2D eigenvalue weighted by Gasteiger charge is -2.16. The zero-order chi connectivity index (χ0) is 22.2. The Bertz CT molecular complexity index is 1010. The summed E-state index contributed by atoms with van der Waals surface area (Å²) in [5.41, 5.74) is 1.13. The molecule has 0 unspecified atom stereocenters. The molecular formula is C22H25N3O5S. The van der Waals surface area contributed by atoms with Gasteiger partial charge in [-0.25, -0.2) is 0 Å². The molecule has 2 aromatic carbocycles. The number of rotatable bonds is 10. The number of carbonyl (C=O) groups excluding carboxylic acids is 1. The third kappa shape index (κ3) is 5.29. The van der Waals surface area contributed by atoms with Gasteiger partial charge in [0, 0.05) is 10.5 Å². The summed E-state index contributed by atoms with van der Waals surface area (Å²) in [6.45, 7) is 6.85. The van der Waals surface area contributed by atoms with Gasteiger partial charge in [0.2, 0.25) is 5.75 Å². The minimum absolute atomic E-state index is 0.000658.